The molecule has 0 unspecified atom stereocenters. The standard InChI is InChI=1S/C17H13F3N2O3S/c1-9(23)22(16(24)15-11(18)4-3-5-12(15)19)17(25)21(2)14-7-6-10(26)8-13(14)20/h3-8,26H,1-2H3. The fourth-order valence-corrected chi connectivity index (χ4v) is 2.39. The van der Waals surface area contributed by atoms with Gasteiger partial charge in [-0.05, 0) is 30.3 Å². The Morgan fingerprint density at radius 3 is 2.04 bits per heavy atom. The van der Waals surface area contributed by atoms with Gasteiger partial charge in [0, 0.05) is 18.9 Å². The molecule has 2 aromatic rings. The largest absolute Gasteiger partial charge is 0.338 e. The van der Waals surface area contributed by atoms with Crippen LogP contribution in [0.15, 0.2) is 41.3 Å². The monoisotopic (exact) mass is 382 g/mol. The Morgan fingerprint density at radius 1 is 0.962 bits per heavy atom. The molecule has 9 heteroatoms. The highest BCUT2D eigenvalue weighted by Crippen LogP contribution is 2.23. The molecule has 136 valence electrons. The number of hydrogen-bond donors (Lipinski definition) is 1. The fraction of sp³-hybridized carbons (Fsp3) is 0.118. The van der Waals surface area contributed by atoms with Crippen LogP contribution < -0.4 is 4.90 Å². The number of nitrogens with zero attached hydrogens (tertiary/aromatic N) is 2. The van der Waals surface area contributed by atoms with E-state index in [0.29, 0.717) is 9.80 Å². The molecule has 4 amide bonds. The number of imide groups is 3. The number of rotatable bonds is 2. The summed E-state index contributed by atoms with van der Waals surface area (Å²) in [6, 6.07) is 5.02. The summed E-state index contributed by atoms with van der Waals surface area (Å²) in [6.07, 6.45) is 0. The first kappa shape index (κ1) is 19.5. The predicted octanol–water partition coefficient (Wildman–Crippen LogP) is 3.64. The molecule has 5 nitrogen and oxygen atoms in total. The summed E-state index contributed by atoms with van der Waals surface area (Å²) in [5.74, 6) is -5.87. The number of carbonyl (C=O) groups excluding carboxylic acids is 3. The van der Waals surface area contributed by atoms with Crippen molar-refractivity contribution in [1.82, 2.24) is 4.90 Å². The number of anilines is 1. The van der Waals surface area contributed by atoms with Crippen LogP contribution in [0.5, 0.6) is 0 Å². The van der Waals surface area contributed by atoms with Gasteiger partial charge in [-0.15, -0.1) is 12.6 Å². The molecule has 0 fully saturated rings. The first-order chi connectivity index (χ1) is 12.1. The van der Waals surface area contributed by atoms with Crippen molar-refractivity contribution < 1.29 is 27.6 Å². The van der Waals surface area contributed by atoms with Crippen LogP contribution >= 0.6 is 12.6 Å². The molecule has 0 radical (unpaired) electrons. The van der Waals surface area contributed by atoms with Gasteiger partial charge in [-0.1, -0.05) is 6.07 Å². The van der Waals surface area contributed by atoms with Crippen molar-refractivity contribution in [3.63, 3.8) is 0 Å². The molecule has 0 saturated heterocycles. The third kappa shape index (κ3) is 3.72. The lowest BCUT2D eigenvalue weighted by Crippen LogP contribution is -2.48. The molecular formula is C17H13F3N2O3S. The second-order valence-electron chi connectivity index (χ2n) is 5.23. The normalized spacial score (nSPS) is 10.4. The van der Waals surface area contributed by atoms with E-state index in [2.05, 4.69) is 12.6 Å². The Hall–Kier alpha value is -2.81. The molecule has 0 N–H and O–H groups in total. The predicted molar refractivity (Wildman–Crippen MR) is 90.7 cm³/mol. The van der Waals surface area contributed by atoms with Crippen LogP contribution in [0.3, 0.4) is 0 Å². The van der Waals surface area contributed by atoms with E-state index in [0.717, 1.165) is 38.2 Å². The number of amides is 4. The van der Waals surface area contributed by atoms with Gasteiger partial charge in [-0.2, -0.15) is 4.90 Å². The van der Waals surface area contributed by atoms with Gasteiger partial charge in [0.2, 0.25) is 5.91 Å². The molecule has 0 aromatic heterocycles. The molecule has 0 aliphatic carbocycles. The second kappa shape index (κ2) is 7.61. The highest BCUT2D eigenvalue weighted by Gasteiger charge is 2.34. The molecule has 0 aliphatic heterocycles. The average molecular weight is 382 g/mol. The molecule has 0 saturated carbocycles. The second-order valence-corrected chi connectivity index (χ2v) is 5.75. The van der Waals surface area contributed by atoms with Gasteiger partial charge in [0.25, 0.3) is 5.91 Å². The van der Waals surface area contributed by atoms with Crippen molar-refractivity contribution in [3.8, 4) is 0 Å². The average Bonchev–Trinajstić information content (AvgIpc) is 2.53. The number of hydrogen-bond acceptors (Lipinski definition) is 4. The maximum Gasteiger partial charge on any atom is 0.338 e. The third-order valence-electron chi connectivity index (χ3n) is 3.47. The Labute approximate surface area is 152 Å². The lowest BCUT2D eigenvalue weighted by Gasteiger charge is -2.25. The first-order valence-corrected chi connectivity index (χ1v) is 7.65. The van der Waals surface area contributed by atoms with Crippen LogP contribution in [0.25, 0.3) is 0 Å². The minimum atomic E-state index is -1.49. The van der Waals surface area contributed by atoms with Crippen LogP contribution in [-0.4, -0.2) is 29.8 Å². The summed E-state index contributed by atoms with van der Waals surface area (Å²) in [6.45, 7) is 0.871. The van der Waals surface area contributed by atoms with Crippen LogP contribution in [-0.2, 0) is 4.79 Å². The highest BCUT2D eigenvalue weighted by molar-refractivity contribution is 7.80. The number of thiol groups is 1. The lowest BCUT2D eigenvalue weighted by molar-refractivity contribution is -0.123. The van der Waals surface area contributed by atoms with Crippen LogP contribution in [0, 0.1) is 17.5 Å². The first-order valence-electron chi connectivity index (χ1n) is 7.20. The zero-order chi connectivity index (χ0) is 19.6. The molecule has 0 bridgehead atoms. The molecule has 0 atom stereocenters. The summed E-state index contributed by atoms with van der Waals surface area (Å²) < 4.78 is 41.7. The van der Waals surface area contributed by atoms with Gasteiger partial charge in [0.05, 0.1) is 5.69 Å². The maximum absolute atomic E-state index is 14.0. The molecule has 26 heavy (non-hydrogen) atoms. The summed E-state index contributed by atoms with van der Waals surface area (Å²) >= 11 is 3.95. The van der Waals surface area contributed by atoms with Gasteiger partial charge in [-0.3, -0.25) is 14.5 Å². The highest BCUT2D eigenvalue weighted by atomic mass is 32.1. The molecule has 2 aromatic carbocycles. The van der Waals surface area contributed by atoms with Crippen molar-refractivity contribution in [2.75, 3.05) is 11.9 Å². The van der Waals surface area contributed by atoms with E-state index in [-0.39, 0.29) is 10.6 Å². The van der Waals surface area contributed by atoms with Crippen molar-refractivity contribution in [2.45, 2.75) is 11.8 Å². The third-order valence-corrected chi connectivity index (χ3v) is 3.74. The minimum Gasteiger partial charge on any atom is -0.294 e. The van der Waals surface area contributed by atoms with E-state index in [9.17, 15) is 27.6 Å². The van der Waals surface area contributed by atoms with Crippen LogP contribution in [0.1, 0.15) is 17.3 Å². The smallest absolute Gasteiger partial charge is 0.294 e. The van der Waals surface area contributed by atoms with E-state index in [1.165, 1.54) is 12.1 Å². The van der Waals surface area contributed by atoms with Crippen molar-refractivity contribution in [3.05, 3.63) is 59.4 Å². The quantitative estimate of drug-likeness (QED) is 0.807. The van der Waals surface area contributed by atoms with Crippen molar-refractivity contribution in [1.29, 1.82) is 0 Å². The molecule has 2 rings (SSSR count). The van der Waals surface area contributed by atoms with Gasteiger partial charge in [0.15, 0.2) is 0 Å². The summed E-state index contributed by atoms with van der Waals surface area (Å²) in [5.41, 5.74) is -1.31. The lowest BCUT2D eigenvalue weighted by atomic mass is 10.1. The fourth-order valence-electron chi connectivity index (χ4n) is 2.20. The molecule has 0 heterocycles. The Bertz CT molecular complexity index is 885. The van der Waals surface area contributed by atoms with E-state index < -0.39 is 40.9 Å². The molecule has 0 spiro atoms. The number of halogens is 3. The molecular weight excluding hydrogens is 369 g/mol. The SMILES string of the molecule is CC(=O)N(C(=O)c1c(F)cccc1F)C(=O)N(C)c1ccc(S)cc1F. The summed E-state index contributed by atoms with van der Waals surface area (Å²) in [5, 5.41) is 0. The van der Waals surface area contributed by atoms with Crippen molar-refractivity contribution in [2.24, 2.45) is 0 Å². The minimum absolute atomic E-state index is 0.0372. The Morgan fingerprint density at radius 2 is 1.54 bits per heavy atom. The summed E-state index contributed by atoms with van der Waals surface area (Å²) in [4.78, 5) is 37.8. The van der Waals surface area contributed by atoms with E-state index in [1.807, 2.05) is 0 Å². The Kier molecular flexibility index (Phi) is 5.71. The topological polar surface area (TPSA) is 57.7 Å². The zero-order valence-corrected chi connectivity index (χ0v) is 14.6. The van der Waals surface area contributed by atoms with E-state index in [4.69, 9.17) is 0 Å². The van der Waals surface area contributed by atoms with Crippen LogP contribution in [0.2, 0.25) is 0 Å². The Balaban J connectivity index is 2.45. The maximum atomic E-state index is 14.0. The van der Waals surface area contributed by atoms with E-state index in [1.54, 1.807) is 0 Å². The van der Waals surface area contributed by atoms with Gasteiger partial charge >= 0.3 is 6.03 Å². The van der Waals surface area contributed by atoms with Gasteiger partial charge in [-0.25, -0.2) is 18.0 Å². The van der Waals surface area contributed by atoms with Gasteiger partial charge < -0.3 is 0 Å². The zero-order valence-electron chi connectivity index (χ0n) is 13.7. The van der Waals surface area contributed by atoms with Gasteiger partial charge in [0.1, 0.15) is 23.0 Å². The van der Waals surface area contributed by atoms with Crippen molar-refractivity contribution >= 4 is 36.2 Å². The number of urea groups is 1. The number of carbonyl (C=O) groups is 3. The number of benzene rings is 2. The van der Waals surface area contributed by atoms with Crippen LogP contribution in [0.4, 0.5) is 23.7 Å². The van der Waals surface area contributed by atoms with E-state index >= 15 is 0 Å². The molecule has 0 aliphatic rings. The summed E-state index contributed by atoms with van der Waals surface area (Å²) in [7, 11) is 1.11.